The highest BCUT2D eigenvalue weighted by atomic mass is 35.5. The van der Waals surface area contributed by atoms with Gasteiger partial charge in [0, 0.05) is 10.6 Å². The second-order valence-corrected chi connectivity index (χ2v) is 7.73. The Balaban J connectivity index is 1.61. The van der Waals surface area contributed by atoms with Crippen molar-refractivity contribution in [1.29, 1.82) is 0 Å². The van der Waals surface area contributed by atoms with Gasteiger partial charge in [0.25, 0.3) is 5.91 Å². The Labute approximate surface area is 172 Å². The van der Waals surface area contributed by atoms with Gasteiger partial charge in [0.15, 0.2) is 0 Å². The van der Waals surface area contributed by atoms with Crippen molar-refractivity contribution in [3.63, 3.8) is 0 Å². The second kappa shape index (κ2) is 7.57. The Morgan fingerprint density at radius 1 is 1.07 bits per heavy atom. The second-order valence-electron chi connectivity index (χ2n) is 6.89. The third-order valence-corrected chi connectivity index (χ3v) is 5.58. The molecule has 2 aliphatic heterocycles. The Kier molecular flexibility index (Phi) is 5.13. The van der Waals surface area contributed by atoms with Crippen LogP contribution in [0.2, 0.25) is 10.0 Å². The number of hydrogen-bond acceptors (Lipinski definition) is 4. The molecule has 0 aromatic heterocycles. The summed E-state index contributed by atoms with van der Waals surface area (Å²) in [6.45, 7) is 2.14. The summed E-state index contributed by atoms with van der Waals surface area (Å²) in [5.74, 6) is -1.59. The molecule has 1 fully saturated rings. The number of carbonyl (C=O) groups is 2. The highest BCUT2D eigenvalue weighted by Crippen LogP contribution is 2.37. The van der Waals surface area contributed by atoms with E-state index in [2.05, 4.69) is 12.1 Å². The van der Waals surface area contributed by atoms with E-state index in [1.54, 1.807) is 30.3 Å². The summed E-state index contributed by atoms with van der Waals surface area (Å²) in [7, 11) is 0. The number of nitrogens with zero attached hydrogens (tertiary/aromatic N) is 2. The number of anilines is 1. The number of halogens is 2. The van der Waals surface area contributed by atoms with Crippen molar-refractivity contribution in [2.45, 2.75) is 32.3 Å². The minimum absolute atomic E-state index is 0.354. The SMILES string of the molecule is CCCCc1ccc(N2C(=O)[C@@H]3C(c4ccc(Cl)cc4Cl)=NO[C@@H]3C2=O)cc1. The molecule has 2 heterocycles. The summed E-state index contributed by atoms with van der Waals surface area (Å²) in [5, 5.41) is 4.81. The van der Waals surface area contributed by atoms with Crippen molar-refractivity contribution >= 4 is 46.4 Å². The van der Waals surface area contributed by atoms with Crippen LogP contribution in [0.3, 0.4) is 0 Å². The standard InChI is InChI=1S/C21H18Cl2N2O3/c1-2-3-4-12-5-8-14(9-6-12)25-20(26)17-18(24-28-19(17)21(25)27)15-10-7-13(22)11-16(15)23/h5-11,17,19H,2-4H2,1H3/t17-,19+/m1/s1. The van der Waals surface area contributed by atoms with Crippen LogP contribution in [0.5, 0.6) is 0 Å². The molecule has 0 spiro atoms. The zero-order chi connectivity index (χ0) is 19.8. The number of carbonyl (C=O) groups excluding carboxylic acids is 2. The molecule has 0 saturated carbocycles. The molecule has 0 unspecified atom stereocenters. The Hall–Kier alpha value is -2.37. The normalized spacial score (nSPS) is 21.0. The first-order valence-electron chi connectivity index (χ1n) is 9.17. The van der Waals surface area contributed by atoms with E-state index in [0.29, 0.717) is 27.0 Å². The number of rotatable bonds is 5. The predicted molar refractivity (Wildman–Crippen MR) is 109 cm³/mol. The maximum Gasteiger partial charge on any atom is 0.278 e. The lowest BCUT2D eigenvalue weighted by molar-refractivity contribution is -0.126. The fraction of sp³-hybridized carbons (Fsp3) is 0.286. The van der Waals surface area contributed by atoms with Crippen LogP contribution in [0.15, 0.2) is 47.6 Å². The van der Waals surface area contributed by atoms with Gasteiger partial charge in [-0.2, -0.15) is 0 Å². The summed E-state index contributed by atoms with van der Waals surface area (Å²) in [6.07, 6.45) is 2.22. The Morgan fingerprint density at radius 2 is 1.82 bits per heavy atom. The molecule has 144 valence electrons. The number of imide groups is 1. The largest absolute Gasteiger partial charge is 0.381 e. The summed E-state index contributed by atoms with van der Waals surface area (Å²) in [6, 6.07) is 12.4. The van der Waals surface area contributed by atoms with E-state index in [9.17, 15) is 9.59 Å². The van der Waals surface area contributed by atoms with Crippen LogP contribution in [-0.2, 0) is 20.8 Å². The van der Waals surface area contributed by atoms with E-state index in [4.69, 9.17) is 28.0 Å². The van der Waals surface area contributed by atoms with E-state index >= 15 is 0 Å². The lowest BCUT2D eigenvalue weighted by Gasteiger charge is -2.16. The first-order chi connectivity index (χ1) is 13.5. The molecular weight excluding hydrogens is 399 g/mol. The third-order valence-electron chi connectivity index (χ3n) is 5.03. The average Bonchev–Trinajstić information content (AvgIpc) is 3.21. The monoisotopic (exact) mass is 416 g/mol. The topological polar surface area (TPSA) is 59.0 Å². The Bertz CT molecular complexity index is 972. The molecule has 0 N–H and O–H groups in total. The first-order valence-corrected chi connectivity index (χ1v) is 9.92. The number of hydrogen-bond donors (Lipinski definition) is 0. The molecule has 5 nitrogen and oxygen atoms in total. The van der Waals surface area contributed by atoms with Gasteiger partial charge >= 0.3 is 0 Å². The average molecular weight is 417 g/mol. The number of benzene rings is 2. The fourth-order valence-electron chi connectivity index (χ4n) is 3.54. The van der Waals surface area contributed by atoms with Gasteiger partial charge in [-0.3, -0.25) is 9.59 Å². The highest BCUT2D eigenvalue weighted by Gasteiger charge is 2.56. The molecule has 0 aliphatic carbocycles. The van der Waals surface area contributed by atoms with E-state index < -0.39 is 17.9 Å². The minimum atomic E-state index is -0.964. The minimum Gasteiger partial charge on any atom is -0.381 e. The first kappa shape index (κ1) is 19.0. The molecule has 2 aliphatic rings. The number of oxime groups is 1. The molecule has 2 aromatic carbocycles. The smallest absolute Gasteiger partial charge is 0.278 e. The molecule has 0 bridgehead atoms. The van der Waals surface area contributed by atoms with Crippen molar-refractivity contribution in [2.75, 3.05) is 4.90 Å². The highest BCUT2D eigenvalue weighted by molar-refractivity contribution is 6.39. The molecule has 4 rings (SSSR count). The number of unbranched alkanes of at least 4 members (excludes halogenated alkanes) is 1. The van der Waals surface area contributed by atoms with Gasteiger partial charge in [-0.25, -0.2) is 4.90 Å². The van der Waals surface area contributed by atoms with Gasteiger partial charge in [-0.05, 0) is 42.7 Å². The summed E-state index contributed by atoms with van der Waals surface area (Å²) >= 11 is 12.2. The predicted octanol–water partition coefficient (Wildman–Crippen LogP) is 4.63. The van der Waals surface area contributed by atoms with Crippen molar-refractivity contribution in [3.05, 3.63) is 63.6 Å². The fourth-order valence-corrected chi connectivity index (χ4v) is 4.05. The zero-order valence-electron chi connectivity index (χ0n) is 15.2. The van der Waals surface area contributed by atoms with Crippen LogP contribution < -0.4 is 4.90 Å². The van der Waals surface area contributed by atoms with Crippen LogP contribution in [-0.4, -0.2) is 23.6 Å². The summed E-state index contributed by atoms with van der Waals surface area (Å²) in [4.78, 5) is 32.4. The maximum absolute atomic E-state index is 13.1. The van der Waals surface area contributed by atoms with Crippen LogP contribution >= 0.6 is 23.2 Å². The third kappa shape index (κ3) is 3.19. The van der Waals surface area contributed by atoms with Gasteiger partial charge in [-0.15, -0.1) is 0 Å². The van der Waals surface area contributed by atoms with Gasteiger partial charge in [-0.1, -0.05) is 59.9 Å². The van der Waals surface area contributed by atoms with Crippen molar-refractivity contribution in [3.8, 4) is 0 Å². The molecule has 2 aromatic rings. The molecular formula is C21H18Cl2N2O3. The van der Waals surface area contributed by atoms with Crippen LogP contribution in [0.4, 0.5) is 5.69 Å². The summed E-state index contributed by atoms with van der Waals surface area (Å²) < 4.78 is 0. The van der Waals surface area contributed by atoms with Gasteiger partial charge in [0.05, 0.1) is 10.7 Å². The molecule has 0 radical (unpaired) electrons. The van der Waals surface area contributed by atoms with Gasteiger partial charge < -0.3 is 4.84 Å². The van der Waals surface area contributed by atoms with E-state index in [-0.39, 0.29) is 5.91 Å². The van der Waals surface area contributed by atoms with Crippen molar-refractivity contribution in [1.82, 2.24) is 0 Å². The van der Waals surface area contributed by atoms with E-state index in [0.717, 1.165) is 19.3 Å². The quantitative estimate of drug-likeness (QED) is 0.667. The molecule has 28 heavy (non-hydrogen) atoms. The van der Waals surface area contributed by atoms with E-state index in [1.165, 1.54) is 10.5 Å². The van der Waals surface area contributed by atoms with Gasteiger partial charge in [0.2, 0.25) is 12.0 Å². The number of aryl methyl sites for hydroxylation is 1. The van der Waals surface area contributed by atoms with E-state index in [1.807, 2.05) is 12.1 Å². The molecule has 2 atom stereocenters. The maximum atomic E-state index is 13.1. The van der Waals surface area contributed by atoms with Crippen molar-refractivity contribution in [2.24, 2.45) is 11.1 Å². The molecule has 2 amide bonds. The Morgan fingerprint density at radius 3 is 2.50 bits per heavy atom. The molecule has 7 heteroatoms. The zero-order valence-corrected chi connectivity index (χ0v) is 16.7. The van der Waals surface area contributed by atoms with Crippen molar-refractivity contribution < 1.29 is 14.4 Å². The number of fused-ring (bicyclic) bond motifs is 1. The van der Waals surface area contributed by atoms with Crippen LogP contribution in [0.25, 0.3) is 0 Å². The lowest BCUT2D eigenvalue weighted by atomic mass is 9.94. The number of amides is 2. The van der Waals surface area contributed by atoms with Crippen LogP contribution in [0.1, 0.15) is 30.9 Å². The molecule has 1 saturated heterocycles. The van der Waals surface area contributed by atoms with Gasteiger partial charge in [0.1, 0.15) is 11.6 Å². The lowest BCUT2D eigenvalue weighted by Crippen LogP contribution is -2.33. The summed E-state index contributed by atoms with van der Waals surface area (Å²) in [5.41, 5.74) is 2.61. The van der Waals surface area contributed by atoms with Crippen LogP contribution in [0, 0.1) is 5.92 Å².